The number of halogens is 2. The predicted octanol–water partition coefficient (Wildman–Crippen LogP) is 3.88. The zero-order valence-electron chi connectivity index (χ0n) is 10.6. The number of ketones is 1. The van der Waals surface area contributed by atoms with Crippen molar-refractivity contribution in [2.24, 2.45) is 0 Å². The number of hydrogen-bond donors (Lipinski definition) is 1. The summed E-state index contributed by atoms with van der Waals surface area (Å²) in [7, 11) is 0. The second kappa shape index (κ2) is 5.57. The summed E-state index contributed by atoms with van der Waals surface area (Å²) in [5, 5.41) is 0. The van der Waals surface area contributed by atoms with Gasteiger partial charge in [-0.3, -0.25) is 4.79 Å². The summed E-state index contributed by atoms with van der Waals surface area (Å²) in [6.07, 6.45) is 0. The largest absolute Gasteiger partial charge is 0.362 e. The molecule has 0 unspecified atom stereocenters. The molecule has 0 aliphatic heterocycles. The van der Waals surface area contributed by atoms with Crippen LogP contribution >= 0.6 is 11.8 Å². The summed E-state index contributed by atoms with van der Waals surface area (Å²) in [5.41, 5.74) is 2.30. The molecule has 1 heterocycles. The maximum absolute atomic E-state index is 13.4. The number of Topliss-reactive ketones (excluding diaryl/α,β-unsaturated/α-hetero) is 1. The first kappa shape index (κ1) is 13.8. The van der Waals surface area contributed by atoms with Gasteiger partial charge < -0.3 is 4.98 Å². The number of hydrogen-bond acceptors (Lipinski definition) is 2. The lowest BCUT2D eigenvalue weighted by Crippen LogP contribution is -2.03. The lowest BCUT2D eigenvalue weighted by Gasteiger charge is -2.03. The van der Waals surface area contributed by atoms with Crippen LogP contribution in [0.5, 0.6) is 0 Å². The van der Waals surface area contributed by atoms with Gasteiger partial charge in [0.25, 0.3) is 0 Å². The van der Waals surface area contributed by atoms with Crippen molar-refractivity contribution in [2.45, 2.75) is 18.7 Å². The van der Waals surface area contributed by atoms with E-state index < -0.39 is 11.6 Å². The Balaban J connectivity index is 2.08. The Morgan fingerprint density at radius 3 is 2.63 bits per heavy atom. The van der Waals surface area contributed by atoms with Gasteiger partial charge in [0, 0.05) is 21.8 Å². The summed E-state index contributed by atoms with van der Waals surface area (Å²) >= 11 is 1.00. The molecule has 0 aliphatic carbocycles. The Morgan fingerprint density at radius 2 is 2.00 bits per heavy atom. The van der Waals surface area contributed by atoms with Gasteiger partial charge in [0.15, 0.2) is 5.78 Å². The highest BCUT2D eigenvalue weighted by atomic mass is 32.2. The van der Waals surface area contributed by atoms with E-state index in [1.807, 2.05) is 13.8 Å². The standard InChI is InChI=1S/C14H13F2NOS/c1-8-5-11(9(2)17-8)13(18)7-19-14-6-10(15)3-4-12(14)16/h3-6,17H,7H2,1-2H3. The molecule has 0 radical (unpaired) electrons. The Bertz CT molecular complexity index is 622. The minimum atomic E-state index is -0.513. The van der Waals surface area contributed by atoms with Crippen LogP contribution in [0.25, 0.3) is 0 Å². The van der Waals surface area contributed by atoms with E-state index >= 15 is 0 Å². The zero-order chi connectivity index (χ0) is 14.0. The molecule has 1 N–H and O–H groups in total. The molecule has 19 heavy (non-hydrogen) atoms. The van der Waals surface area contributed by atoms with Crippen LogP contribution < -0.4 is 0 Å². The molecule has 1 aromatic carbocycles. The van der Waals surface area contributed by atoms with E-state index in [0.29, 0.717) is 5.56 Å². The van der Waals surface area contributed by atoms with Crippen molar-refractivity contribution in [1.82, 2.24) is 4.98 Å². The van der Waals surface area contributed by atoms with Crippen LogP contribution in [0.3, 0.4) is 0 Å². The quantitative estimate of drug-likeness (QED) is 0.681. The molecule has 0 atom stereocenters. The molecule has 0 amide bonds. The number of thioether (sulfide) groups is 1. The van der Waals surface area contributed by atoms with Gasteiger partial charge in [-0.05, 0) is 38.1 Å². The van der Waals surface area contributed by atoms with Crippen molar-refractivity contribution >= 4 is 17.5 Å². The first-order valence-corrected chi connectivity index (χ1v) is 6.73. The normalized spacial score (nSPS) is 10.7. The van der Waals surface area contributed by atoms with E-state index in [2.05, 4.69) is 4.98 Å². The SMILES string of the molecule is Cc1cc(C(=O)CSc2cc(F)ccc2F)c(C)[nH]1. The van der Waals surface area contributed by atoms with E-state index in [4.69, 9.17) is 0 Å². The molecule has 0 bridgehead atoms. The Labute approximate surface area is 114 Å². The number of rotatable bonds is 4. The maximum Gasteiger partial charge on any atom is 0.174 e. The number of benzene rings is 1. The second-order valence-corrected chi connectivity index (χ2v) is 5.29. The highest BCUT2D eigenvalue weighted by Gasteiger charge is 2.13. The fourth-order valence-electron chi connectivity index (χ4n) is 1.82. The number of aromatic amines is 1. The minimum Gasteiger partial charge on any atom is -0.362 e. The Morgan fingerprint density at radius 1 is 1.26 bits per heavy atom. The summed E-state index contributed by atoms with van der Waals surface area (Å²) in [6, 6.07) is 4.98. The third kappa shape index (κ3) is 3.23. The van der Waals surface area contributed by atoms with E-state index in [1.165, 1.54) is 0 Å². The van der Waals surface area contributed by atoms with Crippen LogP contribution in [0.4, 0.5) is 8.78 Å². The summed E-state index contributed by atoms with van der Waals surface area (Å²) in [5.74, 6) is -1.04. The lowest BCUT2D eigenvalue weighted by molar-refractivity contribution is 0.102. The van der Waals surface area contributed by atoms with Crippen LogP contribution in [0.2, 0.25) is 0 Å². The van der Waals surface area contributed by atoms with Gasteiger partial charge >= 0.3 is 0 Å². The molecule has 1 aromatic heterocycles. The van der Waals surface area contributed by atoms with E-state index in [-0.39, 0.29) is 16.4 Å². The Hall–Kier alpha value is -1.62. The highest BCUT2D eigenvalue weighted by molar-refractivity contribution is 8.00. The second-order valence-electron chi connectivity index (χ2n) is 4.28. The molecule has 0 fully saturated rings. The average Bonchev–Trinajstić information content (AvgIpc) is 2.69. The molecule has 2 nitrogen and oxygen atoms in total. The van der Waals surface area contributed by atoms with Gasteiger partial charge in [-0.15, -0.1) is 11.8 Å². The van der Waals surface area contributed by atoms with Gasteiger partial charge in [-0.25, -0.2) is 8.78 Å². The average molecular weight is 281 g/mol. The number of H-pyrrole nitrogens is 1. The molecule has 2 aromatic rings. The lowest BCUT2D eigenvalue weighted by atomic mass is 10.2. The molecule has 0 saturated carbocycles. The topological polar surface area (TPSA) is 32.9 Å². The molecule has 2 rings (SSSR count). The van der Waals surface area contributed by atoms with Gasteiger partial charge in [-0.2, -0.15) is 0 Å². The van der Waals surface area contributed by atoms with Crippen molar-refractivity contribution in [3.05, 3.63) is 52.9 Å². The van der Waals surface area contributed by atoms with Crippen LogP contribution in [-0.2, 0) is 0 Å². The van der Waals surface area contributed by atoms with Gasteiger partial charge in [0.2, 0.25) is 0 Å². The molecular formula is C14H13F2NOS. The summed E-state index contributed by atoms with van der Waals surface area (Å²) in [4.78, 5) is 15.2. The number of nitrogens with one attached hydrogen (secondary N) is 1. The molecule has 0 aliphatic rings. The monoisotopic (exact) mass is 281 g/mol. The molecule has 0 saturated heterocycles. The fourth-order valence-corrected chi connectivity index (χ4v) is 2.67. The zero-order valence-corrected chi connectivity index (χ0v) is 11.4. The fraction of sp³-hybridized carbons (Fsp3) is 0.214. The van der Waals surface area contributed by atoms with Crippen molar-refractivity contribution in [3.63, 3.8) is 0 Å². The highest BCUT2D eigenvalue weighted by Crippen LogP contribution is 2.24. The number of carbonyl (C=O) groups is 1. The number of carbonyl (C=O) groups excluding carboxylic acids is 1. The van der Waals surface area contributed by atoms with Crippen molar-refractivity contribution in [2.75, 3.05) is 5.75 Å². The number of aryl methyl sites for hydroxylation is 2. The first-order valence-electron chi connectivity index (χ1n) is 5.74. The maximum atomic E-state index is 13.4. The summed E-state index contributed by atoms with van der Waals surface area (Å²) in [6.45, 7) is 3.68. The van der Waals surface area contributed by atoms with Gasteiger partial charge in [0.1, 0.15) is 11.6 Å². The summed E-state index contributed by atoms with van der Waals surface area (Å²) < 4.78 is 26.4. The Kier molecular flexibility index (Phi) is 4.04. The molecular weight excluding hydrogens is 268 g/mol. The van der Waals surface area contributed by atoms with Crippen LogP contribution in [0, 0.1) is 25.5 Å². The van der Waals surface area contributed by atoms with Crippen molar-refractivity contribution < 1.29 is 13.6 Å². The van der Waals surface area contributed by atoms with Crippen molar-refractivity contribution in [1.29, 1.82) is 0 Å². The van der Waals surface area contributed by atoms with E-state index in [9.17, 15) is 13.6 Å². The molecule has 5 heteroatoms. The molecule has 0 spiro atoms. The first-order chi connectivity index (χ1) is 8.97. The third-order valence-corrected chi connectivity index (χ3v) is 3.73. The van der Waals surface area contributed by atoms with Crippen LogP contribution in [-0.4, -0.2) is 16.5 Å². The third-order valence-electron chi connectivity index (χ3n) is 2.70. The van der Waals surface area contributed by atoms with E-state index in [0.717, 1.165) is 41.3 Å². The van der Waals surface area contributed by atoms with Gasteiger partial charge in [-0.1, -0.05) is 0 Å². The molecule has 100 valence electrons. The van der Waals surface area contributed by atoms with E-state index in [1.54, 1.807) is 6.07 Å². The van der Waals surface area contributed by atoms with Crippen LogP contribution in [0.1, 0.15) is 21.7 Å². The smallest absolute Gasteiger partial charge is 0.174 e. The van der Waals surface area contributed by atoms with Crippen molar-refractivity contribution in [3.8, 4) is 0 Å². The van der Waals surface area contributed by atoms with Gasteiger partial charge in [0.05, 0.1) is 5.75 Å². The predicted molar refractivity (Wildman–Crippen MR) is 71.7 cm³/mol. The number of aromatic nitrogens is 1. The minimum absolute atomic E-state index is 0.0819. The van der Waals surface area contributed by atoms with Crippen LogP contribution in [0.15, 0.2) is 29.2 Å².